The number of hydrogen-bond donors (Lipinski definition) is 1. The van der Waals surface area contributed by atoms with Crippen LogP contribution in [-0.2, 0) is 25.9 Å². The molecule has 2 rings (SSSR count). The van der Waals surface area contributed by atoms with Crippen molar-refractivity contribution in [2.24, 2.45) is 0 Å². The second-order valence-corrected chi connectivity index (χ2v) is 4.39. The third-order valence-electron chi connectivity index (χ3n) is 3.14. The van der Waals surface area contributed by atoms with Gasteiger partial charge in [0.2, 0.25) is 0 Å². The fourth-order valence-electron chi connectivity index (χ4n) is 2.10. The van der Waals surface area contributed by atoms with Crippen LogP contribution in [0.4, 0.5) is 0 Å². The molecule has 0 atom stereocenters. The number of aryl methyl sites for hydroxylation is 2. The van der Waals surface area contributed by atoms with Crippen LogP contribution in [-0.4, -0.2) is 16.8 Å². The van der Waals surface area contributed by atoms with Crippen molar-refractivity contribution >= 4 is 0 Å². The minimum atomic E-state index is 0.715. The molecule has 18 heavy (non-hydrogen) atoms. The Morgan fingerprint density at radius 2 is 2.17 bits per heavy atom. The van der Waals surface area contributed by atoms with Gasteiger partial charge in [-0.05, 0) is 32.0 Å². The molecule has 2 heterocycles. The zero-order valence-electron chi connectivity index (χ0n) is 11.4. The highest BCUT2D eigenvalue weighted by molar-refractivity contribution is 5.19. The van der Waals surface area contributed by atoms with Gasteiger partial charge in [-0.15, -0.1) is 0 Å². The molecule has 0 bridgehead atoms. The van der Waals surface area contributed by atoms with Crippen molar-refractivity contribution < 1.29 is 4.42 Å². The molecular formula is C14H21N3O. The van der Waals surface area contributed by atoms with E-state index in [-0.39, 0.29) is 0 Å². The summed E-state index contributed by atoms with van der Waals surface area (Å²) in [4.78, 5) is 0. The van der Waals surface area contributed by atoms with Crippen LogP contribution in [0.2, 0.25) is 0 Å². The van der Waals surface area contributed by atoms with E-state index in [9.17, 15) is 0 Å². The van der Waals surface area contributed by atoms with Gasteiger partial charge in [-0.1, -0.05) is 13.8 Å². The monoisotopic (exact) mass is 247 g/mol. The summed E-state index contributed by atoms with van der Waals surface area (Å²) in [5.41, 5.74) is 3.61. The molecule has 2 aromatic rings. The summed E-state index contributed by atoms with van der Waals surface area (Å²) in [6.07, 6.45) is 3.72. The molecule has 0 aliphatic heterocycles. The van der Waals surface area contributed by atoms with Gasteiger partial charge in [0.25, 0.3) is 0 Å². The van der Waals surface area contributed by atoms with Crippen LogP contribution < -0.4 is 5.32 Å². The van der Waals surface area contributed by atoms with Crippen molar-refractivity contribution in [1.29, 1.82) is 0 Å². The number of nitrogens with one attached hydrogen (secondary N) is 1. The third-order valence-corrected chi connectivity index (χ3v) is 3.14. The van der Waals surface area contributed by atoms with E-state index < -0.39 is 0 Å². The Hall–Kier alpha value is -1.55. The van der Waals surface area contributed by atoms with Crippen LogP contribution in [0.1, 0.15) is 36.6 Å². The van der Waals surface area contributed by atoms with Gasteiger partial charge in [-0.3, -0.25) is 4.68 Å². The molecule has 0 spiro atoms. The van der Waals surface area contributed by atoms with Crippen LogP contribution >= 0.6 is 0 Å². The van der Waals surface area contributed by atoms with Crippen molar-refractivity contribution in [3.05, 3.63) is 41.1 Å². The minimum Gasteiger partial charge on any atom is -0.467 e. The summed E-state index contributed by atoms with van der Waals surface area (Å²) < 4.78 is 7.62. The van der Waals surface area contributed by atoms with Gasteiger partial charge in [-0.2, -0.15) is 5.10 Å². The average Bonchev–Trinajstić information content (AvgIpc) is 2.97. The van der Waals surface area contributed by atoms with Crippen LogP contribution in [0.3, 0.4) is 0 Å². The van der Waals surface area contributed by atoms with E-state index in [0.29, 0.717) is 6.54 Å². The molecule has 0 radical (unpaired) electrons. The molecular weight excluding hydrogens is 226 g/mol. The van der Waals surface area contributed by atoms with E-state index in [1.54, 1.807) is 6.26 Å². The SMILES string of the molecule is CCc1cc(CC)n(Cc2occc2CNC)n1. The molecule has 0 fully saturated rings. The number of nitrogens with zero attached hydrogens (tertiary/aromatic N) is 2. The van der Waals surface area contributed by atoms with Gasteiger partial charge in [0.15, 0.2) is 0 Å². The molecule has 0 amide bonds. The van der Waals surface area contributed by atoms with Crippen LogP contribution in [0.15, 0.2) is 22.8 Å². The summed E-state index contributed by atoms with van der Waals surface area (Å²) in [5, 5.41) is 7.76. The van der Waals surface area contributed by atoms with E-state index >= 15 is 0 Å². The zero-order valence-corrected chi connectivity index (χ0v) is 11.4. The molecule has 0 aromatic carbocycles. The fraction of sp³-hybridized carbons (Fsp3) is 0.500. The van der Waals surface area contributed by atoms with Crippen LogP contribution in [0, 0.1) is 0 Å². The first-order chi connectivity index (χ1) is 8.78. The summed E-state index contributed by atoms with van der Waals surface area (Å²) >= 11 is 0. The summed E-state index contributed by atoms with van der Waals surface area (Å²) in [6.45, 7) is 5.83. The van der Waals surface area contributed by atoms with E-state index in [2.05, 4.69) is 35.0 Å². The summed E-state index contributed by atoms with van der Waals surface area (Å²) in [5.74, 6) is 0.991. The highest BCUT2D eigenvalue weighted by atomic mass is 16.3. The standard InChI is InChI=1S/C14H21N3O/c1-4-12-8-13(5-2)17(16-12)10-14-11(9-15-3)6-7-18-14/h6-8,15H,4-5,9-10H2,1-3H3. The van der Waals surface area contributed by atoms with Crippen molar-refractivity contribution in [3.63, 3.8) is 0 Å². The van der Waals surface area contributed by atoms with Crippen molar-refractivity contribution in [2.75, 3.05) is 7.05 Å². The van der Waals surface area contributed by atoms with Gasteiger partial charge in [0.05, 0.1) is 18.5 Å². The average molecular weight is 247 g/mol. The first-order valence-electron chi connectivity index (χ1n) is 6.53. The molecule has 4 heteroatoms. The number of aromatic nitrogens is 2. The minimum absolute atomic E-state index is 0.715. The summed E-state index contributed by atoms with van der Waals surface area (Å²) in [6, 6.07) is 4.20. The van der Waals surface area contributed by atoms with Crippen molar-refractivity contribution in [2.45, 2.75) is 39.8 Å². The van der Waals surface area contributed by atoms with Crippen LogP contribution in [0.25, 0.3) is 0 Å². The number of hydrogen-bond acceptors (Lipinski definition) is 3. The molecule has 0 saturated heterocycles. The van der Waals surface area contributed by atoms with E-state index in [1.807, 2.05) is 13.1 Å². The van der Waals surface area contributed by atoms with Crippen molar-refractivity contribution in [3.8, 4) is 0 Å². The molecule has 98 valence electrons. The second kappa shape index (κ2) is 5.87. The largest absolute Gasteiger partial charge is 0.467 e. The number of furan rings is 1. The topological polar surface area (TPSA) is 43.0 Å². The molecule has 4 nitrogen and oxygen atoms in total. The Balaban J connectivity index is 2.22. The smallest absolute Gasteiger partial charge is 0.129 e. The van der Waals surface area contributed by atoms with Gasteiger partial charge >= 0.3 is 0 Å². The van der Waals surface area contributed by atoms with Gasteiger partial charge in [0.1, 0.15) is 5.76 Å². The molecule has 2 aromatic heterocycles. The lowest BCUT2D eigenvalue weighted by Gasteiger charge is -2.06. The molecule has 0 saturated carbocycles. The highest BCUT2D eigenvalue weighted by Crippen LogP contribution is 2.14. The van der Waals surface area contributed by atoms with Gasteiger partial charge < -0.3 is 9.73 Å². The van der Waals surface area contributed by atoms with Gasteiger partial charge in [0, 0.05) is 17.8 Å². The lowest BCUT2D eigenvalue weighted by molar-refractivity contribution is 0.467. The zero-order chi connectivity index (χ0) is 13.0. The number of rotatable bonds is 6. The molecule has 0 unspecified atom stereocenters. The quantitative estimate of drug-likeness (QED) is 0.852. The van der Waals surface area contributed by atoms with Crippen LogP contribution in [0.5, 0.6) is 0 Å². The Morgan fingerprint density at radius 3 is 2.83 bits per heavy atom. The Bertz CT molecular complexity index is 499. The fourth-order valence-corrected chi connectivity index (χ4v) is 2.10. The van der Waals surface area contributed by atoms with E-state index in [0.717, 1.165) is 30.8 Å². The Morgan fingerprint density at radius 1 is 1.33 bits per heavy atom. The lowest BCUT2D eigenvalue weighted by Crippen LogP contribution is -2.10. The first-order valence-corrected chi connectivity index (χ1v) is 6.53. The highest BCUT2D eigenvalue weighted by Gasteiger charge is 2.10. The third kappa shape index (κ3) is 2.64. The normalized spacial score (nSPS) is 11.1. The maximum Gasteiger partial charge on any atom is 0.129 e. The second-order valence-electron chi connectivity index (χ2n) is 4.39. The molecule has 1 N–H and O–H groups in total. The summed E-state index contributed by atoms with van der Waals surface area (Å²) in [7, 11) is 1.94. The Labute approximate surface area is 108 Å². The lowest BCUT2D eigenvalue weighted by atomic mass is 10.2. The van der Waals surface area contributed by atoms with E-state index in [4.69, 9.17) is 4.42 Å². The molecule has 0 aliphatic rings. The first kappa shape index (κ1) is 12.9. The van der Waals surface area contributed by atoms with Gasteiger partial charge in [-0.25, -0.2) is 0 Å². The maximum atomic E-state index is 5.56. The van der Waals surface area contributed by atoms with Crippen molar-refractivity contribution in [1.82, 2.24) is 15.1 Å². The Kier molecular flexibility index (Phi) is 4.20. The van der Waals surface area contributed by atoms with E-state index in [1.165, 1.54) is 11.3 Å². The predicted molar refractivity (Wildman–Crippen MR) is 71.6 cm³/mol. The predicted octanol–water partition coefficient (Wildman–Crippen LogP) is 2.37. The molecule has 0 aliphatic carbocycles. The maximum absolute atomic E-state index is 5.56.